The normalized spacial score (nSPS) is 35.1. The summed E-state index contributed by atoms with van der Waals surface area (Å²) in [5.41, 5.74) is 7.03. The van der Waals surface area contributed by atoms with Gasteiger partial charge < -0.3 is 10.5 Å². The zero-order chi connectivity index (χ0) is 12.8. The fraction of sp³-hybridized carbons (Fsp3) is 0.600. The summed E-state index contributed by atoms with van der Waals surface area (Å²) >= 11 is 0. The van der Waals surface area contributed by atoms with E-state index in [0.717, 1.165) is 30.7 Å². The molecular weight excluding hydrogens is 229 g/mol. The third kappa shape index (κ3) is 2.01. The van der Waals surface area contributed by atoms with Gasteiger partial charge in [0.2, 0.25) is 0 Å². The lowest BCUT2D eigenvalue weighted by Crippen LogP contribution is -2.45. The van der Waals surface area contributed by atoms with E-state index >= 15 is 0 Å². The SMILES string of the molecule is CC1CCC2(CC1)C[C@H](N)c1ccc(F)cc1O2. The van der Waals surface area contributed by atoms with Crippen molar-refractivity contribution in [2.45, 2.75) is 50.7 Å². The predicted octanol–water partition coefficient (Wildman–Crippen LogP) is 3.56. The highest BCUT2D eigenvalue weighted by Crippen LogP contribution is 2.46. The summed E-state index contributed by atoms with van der Waals surface area (Å²) in [5.74, 6) is 1.18. The minimum absolute atomic E-state index is 0.0252. The van der Waals surface area contributed by atoms with Crippen molar-refractivity contribution >= 4 is 0 Å². The van der Waals surface area contributed by atoms with E-state index in [1.165, 1.54) is 25.0 Å². The molecule has 2 N–H and O–H groups in total. The molecule has 3 rings (SSSR count). The fourth-order valence-corrected chi connectivity index (χ4v) is 3.28. The average Bonchev–Trinajstić information content (AvgIpc) is 2.33. The smallest absolute Gasteiger partial charge is 0.127 e. The summed E-state index contributed by atoms with van der Waals surface area (Å²) in [5, 5.41) is 0. The number of benzene rings is 1. The third-order valence-corrected chi connectivity index (χ3v) is 4.48. The van der Waals surface area contributed by atoms with Crippen molar-refractivity contribution in [3.8, 4) is 5.75 Å². The van der Waals surface area contributed by atoms with Crippen molar-refractivity contribution < 1.29 is 9.13 Å². The van der Waals surface area contributed by atoms with E-state index in [4.69, 9.17) is 10.5 Å². The molecule has 1 heterocycles. The summed E-state index contributed by atoms with van der Waals surface area (Å²) in [6, 6.07) is 4.67. The Labute approximate surface area is 107 Å². The molecule has 1 fully saturated rings. The summed E-state index contributed by atoms with van der Waals surface area (Å²) < 4.78 is 19.5. The van der Waals surface area contributed by atoms with Crippen molar-refractivity contribution in [3.05, 3.63) is 29.6 Å². The van der Waals surface area contributed by atoms with Gasteiger partial charge in [-0.25, -0.2) is 4.39 Å². The molecule has 3 heteroatoms. The van der Waals surface area contributed by atoms with Crippen molar-refractivity contribution in [1.29, 1.82) is 0 Å². The molecule has 0 aromatic heterocycles. The van der Waals surface area contributed by atoms with Gasteiger partial charge in [0, 0.05) is 24.1 Å². The summed E-state index contributed by atoms with van der Waals surface area (Å²) in [6.45, 7) is 2.28. The lowest BCUT2D eigenvalue weighted by molar-refractivity contribution is -0.00879. The van der Waals surface area contributed by atoms with Gasteiger partial charge in [0.15, 0.2) is 0 Å². The van der Waals surface area contributed by atoms with Gasteiger partial charge in [-0.3, -0.25) is 0 Å². The predicted molar refractivity (Wildman–Crippen MR) is 68.9 cm³/mol. The second-order valence-electron chi connectivity index (χ2n) is 5.96. The molecule has 1 aromatic rings. The first-order valence-corrected chi connectivity index (χ1v) is 6.82. The first kappa shape index (κ1) is 12.0. The number of hydrogen-bond donors (Lipinski definition) is 1. The van der Waals surface area contributed by atoms with Gasteiger partial charge in [-0.1, -0.05) is 13.0 Å². The van der Waals surface area contributed by atoms with Crippen molar-refractivity contribution in [2.24, 2.45) is 11.7 Å². The van der Waals surface area contributed by atoms with Crippen molar-refractivity contribution in [2.75, 3.05) is 0 Å². The highest BCUT2D eigenvalue weighted by atomic mass is 19.1. The number of hydrogen-bond acceptors (Lipinski definition) is 2. The van der Waals surface area contributed by atoms with E-state index < -0.39 is 0 Å². The van der Waals surface area contributed by atoms with E-state index in [2.05, 4.69) is 6.92 Å². The van der Waals surface area contributed by atoms with Crippen LogP contribution in [0.5, 0.6) is 5.75 Å². The molecule has 98 valence electrons. The zero-order valence-corrected chi connectivity index (χ0v) is 10.8. The van der Waals surface area contributed by atoms with Gasteiger partial charge in [0.25, 0.3) is 0 Å². The molecule has 0 amide bonds. The molecule has 1 aromatic carbocycles. The van der Waals surface area contributed by atoms with Crippen LogP contribution >= 0.6 is 0 Å². The first-order chi connectivity index (χ1) is 8.58. The monoisotopic (exact) mass is 249 g/mol. The van der Waals surface area contributed by atoms with Gasteiger partial charge in [0.1, 0.15) is 17.2 Å². The molecule has 1 spiro atoms. The minimum atomic E-state index is -0.248. The number of rotatable bonds is 0. The average molecular weight is 249 g/mol. The molecule has 1 aliphatic heterocycles. The minimum Gasteiger partial charge on any atom is -0.487 e. The summed E-state index contributed by atoms with van der Waals surface area (Å²) in [4.78, 5) is 0. The van der Waals surface area contributed by atoms with Crippen LogP contribution in [-0.2, 0) is 0 Å². The van der Waals surface area contributed by atoms with Crippen LogP contribution in [0.4, 0.5) is 4.39 Å². The molecule has 0 bridgehead atoms. The van der Waals surface area contributed by atoms with Crippen molar-refractivity contribution in [3.63, 3.8) is 0 Å². The van der Waals surface area contributed by atoms with Crippen molar-refractivity contribution in [1.82, 2.24) is 0 Å². The molecule has 1 atom stereocenters. The van der Waals surface area contributed by atoms with E-state index in [1.54, 1.807) is 6.07 Å². The first-order valence-electron chi connectivity index (χ1n) is 6.82. The molecular formula is C15H20FNO. The molecule has 0 radical (unpaired) electrons. The highest BCUT2D eigenvalue weighted by Gasteiger charge is 2.41. The Hall–Kier alpha value is -1.09. The lowest BCUT2D eigenvalue weighted by Gasteiger charge is -2.45. The maximum Gasteiger partial charge on any atom is 0.127 e. The maximum absolute atomic E-state index is 13.3. The molecule has 0 saturated heterocycles. The number of fused-ring (bicyclic) bond motifs is 1. The summed E-state index contributed by atoms with van der Waals surface area (Å²) in [6.07, 6.45) is 5.29. The molecule has 0 unspecified atom stereocenters. The molecule has 1 aliphatic carbocycles. The largest absolute Gasteiger partial charge is 0.487 e. The summed E-state index contributed by atoms with van der Waals surface area (Å²) in [7, 11) is 0. The zero-order valence-electron chi connectivity index (χ0n) is 10.8. The quantitative estimate of drug-likeness (QED) is 0.763. The van der Waals surface area contributed by atoms with E-state index in [-0.39, 0.29) is 17.5 Å². The number of nitrogens with two attached hydrogens (primary N) is 1. The van der Waals surface area contributed by atoms with Crippen LogP contribution < -0.4 is 10.5 Å². The standard InChI is InChI=1S/C15H20FNO/c1-10-4-6-15(7-5-10)9-13(17)12-3-2-11(16)8-14(12)18-15/h2-3,8,10,13H,4-7,9,17H2,1H3/t10?,13-,15?/m0/s1. The Kier molecular flexibility index (Phi) is 2.81. The second-order valence-corrected chi connectivity index (χ2v) is 5.96. The molecule has 18 heavy (non-hydrogen) atoms. The van der Waals surface area contributed by atoms with Crippen LogP contribution in [0.1, 0.15) is 50.6 Å². The lowest BCUT2D eigenvalue weighted by atomic mass is 9.74. The van der Waals surface area contributed by atoms with Gasteiger partial charge in [-0.15, -0.1) is 0 Å². The molecule has 2 aliphatic rings. The second kappa shape index (κ2) is 4.23. The fourth-order valence-electron chi connectivity index (χ4n) is 3.28. The Balaban J connectivity index is 1.90. The van der Waals surface area contributed by atoms with Crippen LogP contribution in [0.3, 0.4) is 0 Å². The van der Waals surface area contributed by atoms with Gasteiger partial charge in [0.05, 0.1) is 0 Å². The molecule has 1 saturated carbocycles. The van der Waals surface area contributed by atoms with Gasteiger partial charge in [-0.2, -0.15) is 0 Å². The van der Waals surface area contributed by atoms with Crippen LogP contribution in [-0.4, -0.2) is 5.60 Å². The Morgan fingerprint density at radius 3 is 2.78 bits per heavy atom. The molecule has 2 nitrogen and oxygen atoms in total. The Morgan fingerprint density at radius 2 is 2.06 bits per heavy atom. The van der Waals surface area contributed by atoms with Gasteiger partial charge in [-0.05, 0) is 37.7 Å². The van der Waals surface area contributed by atoms with Gasteiger partial charge >= 0.3 is 0 Å². The number of ether oxygens (including phenoxy) is 1. The number of halogens is 1. The highest BCUT2D eigenvalue weighted by molar-refractivity contribution is 5.39. The maximum atomic E-state index is 13.3. The van der Waals surface area contributed by atoms with Crippen LogP contribution in [0, 0.1) is 11.7 Å². The Morgan fingerprint density at radius 1 is 1.33 bits per heavy atom. The Bertz CT molecular complexity index is 452. The third-order valence-electron chi connectivity index (χ3n) is 4.48. The topological polar surface area (TPSA) is 35.2 Å². The van der Waals surface area contributed by atoms with Crippen LogP contribution in [0.25, 0.3) is 0 Å². The van der Waals surface area contributed by atoms with E-state index in [1.807, 2.05) is 0 Å². The van der Waals surface area contributed by atoms with Crippen LogP contribution in [0.2, 0.25) is 0 Å². The van der Waals surface area contributed by atoms with Crippen LogP contribution in [0.15, 0.2) is 18.2 Å². The van der Waals surface area contributed by atoms with E-state index in [9.17, 15) is 4.39 Å². The van der Waals surface area contributed by atoms with E-state index in [0.29, 0.717) is 5.75 Å².